The van der Waals surface area contributed by atoms with Gasteiger partial charge in [-0.25, -0.2) is 9.78 Å². The van der Waals surface area contributed by atoms with Crippen LogP contribution in [0.4, 0.5) is 0 Å². The van der Waals surface area contributed by atoms with Gasteiger partial charge in [0.1, 0.15) is 0 Å². The molecule has 0 saturated heterocycles. The Morgan fingerprint density at radius 3 is 2.71 bits per heavy atom. The van der Waals surface area contributed by atoms with Crippen molar-refractivity contribution in [2.75, 3.05) is 0 Å². The lowest BCUT2D eigenvalue weighted by Crippen LogP contribution is -2.01. The number of nitrogens with zero attached hydrogens (tertiary/aromatic N) is 1. The summed E-state index contributed by atoms with van der Waals surface area (Å²) < 4.78 is 1.49. The number of carboxylic acid groups (broad SMARTS) is 1. The predicted octanol–water partition coefficient (Wildman–Crippen LogP) is 5.39. The first kappa shape index (κ1) is 14.5. The van der Waals surface area contributed by atoms with Crippen LogP contribution in [0.2, 0.25) is 4.34 Å². The first-order valence-corrected chi connectivity index (χ1v) is 8.04. The molecule has 1 N–H and O–H groups in total. The Labute approximate surface area is 138 Å². The molecule has 0 aliphatic carbocycles. The molecular weight excluding hydrogens is 374 g/mol. The van der Waals surface area contributed by atoms with E-state index < -0.39 is 5.97 Å². The second-order valence-electron chi connectivity index (χ2n) is 4.58. The van der Waals surface area contributed by atoms with Gasteiger partial charge in [0.05, 0.1) is 26.0 Å². The van der Waals surface area contributed by atoms with Gasteiger partial charge in [0, 0.05) is 9.86 Å². The summed E-state index contributed by atoms with van der Waals surface area (Å²) in [4.78, 5) is 17.0. The van der Waals surface area contributed by atoms with Gasteiger partial charge in [-0.2, -0.15) is 0 Å². The number of carbonyl (C=O) groups is 1. The van der Waals surface area contributed by atoms with Gasteiger partial charge in [-0.15, -0.1) is 11.3 Å². The zero-order valence-electron chi connectivity index (χ0n) is 10.9. The highest BCUT2D eigenvalue weighted by molar-refractivity contribution is 9.10. The van der Waals surface area contributed by atoms with Crippen LogP contribution in [0.1, 0.15) is 15.9 Å². The van der Waals surface area contributed by atoms with E-state index in [1.54, 1.807) is 18.2 Å². The molecule has 21 heavy (non-hydrogen) atoms. The molecule has 0 radical (unpaired) electrons. The first-order chi connectivity index (χ1) is 9.95. The van der Waals surface area contributed by atoms with E-state index in [1.165, 1.54) is 11.3 Å². The molecule has 0 amide bonds. The molecule has 0 atom stereocenters. The van der Waals surface area contributed by atoms with Gasteiger partial charge >= 0.3 is 5.97 Å². The van der Waals surface area contributed by atoms with E-state index >= 15 is 0 Å². The topological polar surface area (TPSA) is 50.2 Å². The minimum Gasteiger partial charge on any atom is -0.478 e. The fraction of sp³-hybridized carbons (Fsp3) is 0.0667. The molecule has 0 fully saturated rings. The van der Waals surface area contributed by atoms with Crippen molar-refractivity contribution in [3.63, 3.8) is 0 Å². The van der Waals surface area contributed by atoms with Gasteiger partial charge in [-0.05, 0) is 42.8 Å². The number of pyridine rings is 1. The maximum absolute atomic E-state index is 11.6. The Balaban J connectivity index is 2.37. The fourth-order valence-corrected chi connectivity index (χ4v) is 3.79. The van der Waals surface area contributed by atoms with Crippen LogP contribution in [0.25, 0.3) is 21.5 Å². The molecule has 6 heteroatoms. The quantitative estimate of drug-likeness (QED) is 0.647. The molecule has 2 aromatic heterocycles. The Bertz CT molecular complexity index is 875. The van der Waals surface area contributed by atoms with E-state index in [4.69, 9.17) is 11.6 Å². The Morgan fingerprint density at radius 2 is 2.10 bits per heavy atom. The number of carboxylic acids is 1. The summed E-state index contributed by atoms with van der Waals surface area (Å²) in [6, 6.07) is 8.93. The van der Waals surface area contributed by atoms with Crippen molar-refractivity contribution in [2.24, 2.45) is 0 Å². The minimum atomic E-state index is -0.969. The van der Waals surface area contributed by atoms with Crippen molar-refractivity contribution in [1.29, 1.82) is 0 Å². The van der Waals surface area contributed by atoms with Crippen LogP contribution in [0.3, 0.4) is 0 Å². The van der Waals surface area contributed by atoms with Crippen LogP contribution >= 0.6 is 38.9 Å². The highest BCUT2D eigenvalue weighted by Crippen LogP contribution is 2.34. The van der Waals surface area contributed by atoms with Crippen molar-refractivity contribution < 1.29 is 9.90 Å². The second-order valence-corrected chi connectivity index (χ2v) is 7.21. The summed E-state index contributed by atoms with van der Waals surface area (Å²) in [6.45, 7) is 1.91. The average molecular weight is 383 g/mol. The van der Waals surface area contributed by atoms with Gasteiger partial charge < -0.3 is 5.11 Å². The molecule has 2 heterocycles. The zero-order valence-corrected chi connectivity index (χ0v) is 14.0. The highest BCUT2D eigenvalue weighted by Gasteiger charge is 2.15. The molecular formula is C15H9BrClNO2S. The maximum Gasteiger partial charge on any atom is 0.336 e. The van der Waals surface area contributed by atoms with Crippen LogP contribution < -0.4 is 0 Å². The van der Waals surface area contributed by atoms with Crippen LogP contribution in [-0.2, 0) is 0 Å². The van der Waals surface area contributed by atoms with E-state index in [0.29, 0.717) is 20.9 Å². The number of halogens is 2. The van der Waals surface area contributed by atoms with Crippen LogP contribution in [0, 0.1) is 6.92 Å². The monoisotopic (exact) mass is 381 g/mol. The SMILES string of the molecule is Cc1cc(Br)cc2c(C(=O)O)cc(-c3ccc(Cl)s3)nc12. The van der Waals surface area contributed by atoms with Crippen molar-refractivity contribution >= 4 is 55.7 Å². The van der Waals surface area contributed by atoms with Crippen LogP contribution in [0.15, 0.2) is 34.8 Å². The lowest BCUT2D eigenvalue weighted by atomic mass is 10.0. The number of hydrogen-bond donors (Lipinski definition) is 1. The van der Waals surface area contributed by atoms with E-state index in [1.807, 2.05) is 19.1 Å². The molecule has 0 saturated carbocycles. The Morgan fingerprint density at radius 1 is 1.33 bits per heavy atom. The lowest BCUT2D eigenvalue weighted by Gasteiger charge is -2.08. The van der Waals surface area contributed by atoms with E-state index in [9.17, 15) is 9.90 Å². The molecule has 0 bridgehead atoms. The molecule has 3 rings (SSSR count). The second kappa shape index (κ2) is 5.40. The summed E-state index contributed by atoms with van der Waals surface area (Å²) in [5.74, 6) is -0.969. The van der Waals surface area contributed by atoms with Crippen molar-refractivity contribution in [3.8, 4) is 10.6 Å². The number of aryl methyl sites for hydroxylation is 1. The maximum atomic E-state index is 11.6. The van der Waals surface area contributed by atoms with Gasteiger partial charge in [0.2, 0.25) is 0 Å². The van der Waals surface area contributed by atoms with Gasteiger partial charge in [-0.1, -0.05) is 27.5 Å². The summed E-state index contributed by atoms with van der Waals surface area (Å²) in [6.07, 6.45) is 0. The summed E-state index contributed by atoms with van der Waals surface area (Å²) in [5.41, 5.74) is 2.48. The van der Waals surface area contributed by atoms with E-state index in [0.717, 1.165) is 14.9 Å². The van der Waals surface area contributed by atoms with Gasteiger partial charge in [0.15, 0.2) is 0 Å². The molecule has 0 aliphatic heterocycles. The Kier molecular flexibility index (Phi) is 3.73. The fourth-order valence-electron chi connectivity index (χ4n) is 2.21. The number of hydrogen-bond acceptors (Lipinski definition) is 3. The Hall–Kier alpha value is -1.43. The zero-order chi connectivity index (χ0) is 15.1. The van der Waals surface area contributed by atoms with Gasteiger partial charge in [0.25, 0.3) is 0 Å². The van der Waals surface area contributed by atoms with Crippen molar-refractivity contribution in [1.82, 2.24) is 4.98 Å². The van der Waals surface area contributed by atoms with Gasteiger partial charge in [-0.3, -0.25) is 0 Å². The summed E-state index contributed by atoms with van der Waals surface area (Å²) in [5, 5.41) is 10.1. The number of aromatic nitrogens is 1. The molecule has 3 aromatic rings. The van der Waals surface area contributed by atoms with Crippen molar-refractivity contribution in [2.45, 2.75) is 6.92 Å². The predicted molar refractivity (Wildman–Crippen MR) is 89.5 cm³/mol. The normalized spacial score (nSPS) is 11.0. The third kappa shape index (κ3) is 2.69. The first-order valence-electron chi connectivity index (χ1n) is 6.05. The third-order valence-corrected chi connectivity index (χ3v) is 4.84. The molecule has 3 nitrogen and oxygen atoms in total. The van der Waals surface area contributed by atoms with Crippen LogP contribution in [-0.4, -0.2) is 16.1 Å². The average Bonchev–Trinajstić information content (AvgIpc) is 2.84. The molecule has 1 aromatic carbocycles. The van der Waals surface area contributed by atoms with Crippen molar-refractivity contribution in [3.05, 3.63) is 50.3 Å². The number of aromatic carboxylic acids is 1. The molecule has 106 valence electrons. The lowest BCUT2D eigenvalue weighted by molar-refractivity contribution is 0.0699. The molecule has 0 aliphatic rings. The smallest absolute Gasteiger partial charge is 0.336 e. The van der Waals surface area contributed by atoms with E-state index in [2.05, 4.69) is 20.9 Å². The largest absolute Gasteiger partial charge is 0.478 e. The van der Waals surface area contributed by atoms with E-state index in [-0.39, 0.29) is 5.56 Å². The number of thiophene rings is 1. The number of rotatable bonds is 2. The molecule has 0 spiro atoms. The number of fused-ring (bicyclic) bond motifs is 1. The highest BCUT2D eigenvalue weighted by atomic mass is 79.9. The van der Waals surface area contributed by atoms with Crippen LogP contribution in [0.5, 0.6) is 0 Å². The third-order valence-electron chi connectivity index (χ3n) is 3.12. The standard InChI is InChI=1S/C15H9BrClNO2S/c1-7-4-8(16)5-9-10(15(19)20)6-11(18-14(7)9)12-2-3-13(17)21-12/h2-6H,1H3,(H,19,20). The summed E-state index contributed by atoms with van der Waals surface area (Å²) in [7, 11) is 0. The number of benzene rings is 1. The molecule has 0 unspecified atom stereocenters. The summed E-state index contributed by atoms with van der Waals surface area (Å²) >= 11 is 10.7. The minimum absolute atomic E-state index is 0.240.